The molecule has 190 valence electrons. The summed E-state index contributed by atoms with van der Waals surface area (Å²) in [4.78, 5) is 11.5. The van der Waals surface area contributed by atoms with E-state index in [0.29, 0.717) is 25.4 Å². The van der Waals surface area contributed by atoms with Crippen molar-refractivity contribution < 1.29 is 29.2 Å². The number of phenols is 1. The summed E-state index contributed by atoms with van der Waals surface area (Å²) >= 11 is 0. The normalized spacial score (nSPS) is 10.9. The van der Waals surface area contributed by atoms with Crippen molar-refractivity contribution in [2.24, 2.45) is 0 Å². The Morgan fingerprint density at radius 1 is 0.636 bits per heavy atom. The van der Waals surface area contributed by atoms with E-state index in [0.717, 1.165) is 94.6 Å². The molecule has 2 N–H and O–H groups in total. The molecule has 0 radical (unpaired) electrons. The molecule has 0 saturated heterocycles. The zero-order valence-corrected chi connectivity index (χ0v) is 21.3. The van der Waals surface area contributed by atoms with Crippen molar-refractivity contribution in [3.05, 3.63) is 11.1 Å². The second-order valence-electron chi connectivity index (χ2n) is 8.69. The SMILES string of the molecule is CCCCCCOc1c(CCCC)c(CCCC)c(O)c(OC(=O)O)c1OCCCCCC. The zero-order valence-electron chi connectivity index (χ0n) is 21.3. The van der Waals surface area contributed by atoms with Crippen molar-refractivity contribution in [1.82, 2.24) is 0 Å². The van der Waals surface area contributed by atoms with Crippen molar-refractivity contribution in [1.29, 1.82) is 0 Å². The van der Waals surface area contributed by atoms with Crippen LogP contribution in [0.3, 0.4) is 0 Å². The van der Waals surface area contributed by atoms with Gasteiger partial charge in [-0.15, -0.1) is 0 Å². The maximum absolute atomic E-state index is 11.5. The number of carbonyl (C=O) groups is 1. The van der Waals surface area contributed by atoms with Crippen LogP contribution in [0.5, 0.6) is 23.0 Å². The largest absolute Gasteiger partial charge is 0.511 e. The molecule has 0 heterocycles. The van der Waals surface area contributed by atoms with Gasteiger partial charge in [-0.2, -0.15) is 0 Å². The highest BCUT2D eigenvalue weighted by molar-refractivity contribution is 5.72. The van der Waals surface area contributed by atoms with Crippen LogP contribution >= 0.6 is 0 Å². The van der Waals surface area contributed by atoms with E-state index in [4.69, 9.17) is 14.2 Å². The van der Waals surface area contributed by atoms with E-state index < -0.39 is 6.16 Å². The first-order chi connectivity index (χ1) is 16.0. The van der Waals surface area contributed by atoms with Crippen LogP contribution in [-0.4, -0.2) is 29.6 Å². The molecule has 1 aromatic carbocycles. The number of benzene rings is 1. The van der Waals surface area contributed by atoms with Crippen molar-refractivity contribution in [3.8, 4) is 23.0 Å². The van der Waals surface area contributed by atoms with E-state index in [1.165, 1.54) is 0 Å². The highest BCUT2D eigenvalue weighted by Crippen LogP contribution is 2.50. The molecule has 6 heteroatoms. The minimum Gasteiger partial charge on any atom is -0.504 e. The first kappa shape index (κ1) is 28.9. The predicted molar refractivity (Wildman–Crippen MR) is 133 cm³/mol. The second-order valence-corrected chi connectivity index (χ2v) is 8.69. The highest BCUT2D eigenvalue weighted by atomic mass is 16.7. The van der Waals surface area contributed by atoms with Crippen LogP contribution in [0.2, 0.25) is 0 Å². The Morgan fingerprint density at radius 3 is 1.61 bits per heavy atom. The van der Waals surface area contributed by atoms with Gasteiger partial charge in [-0.05, 0) is 38.5 Å². The molecule has 0 amide bonds. The monoisotopic (exact) mass is 466 g/mol. The van der Waals surface area contributed by atoms with Crippen LogP contribution in [0.15, 0.2) is 0 Å². The molecular formula is C27H46O6. The Balaban J connectivity index is 3.45. The van der Waals surface area contributed by atoms with Gasteiger partial charge in [0.1, 0.15) is 0 Å². The van der Waals surface area contributed by atoms with E-state index >= 15 is 0 Å². The molecule has 0 spiro atoms. The molecule has 1 aromatic rings. The maximum Gasteiger partial charge on any atom is 0.511 e. The number of rotatable bonds is 19. The lowest BCUT2D eigenvalue weighted by molar-refractivity contribution is 0.139. The molecule has 1 rings (SSSR count). The Morgan fingerprint density at radius 2 is 1.12 bits per heavy atom. The van der Waals surface area contributed by atoms with Gasteiger partial charge < -0.3 is 24.4 Å². The first-order valence-corrected chi connectivity index (χ1v) is 13.1. The molecular weight excluding hydrogens is 420 g/mol. The Bertz CT molecular complexity index is 686. The van der Waals surface area contributed by atoms with Crippen molar-refractivity contribution in [3.63, 3.8) is 0 Å². The number of hydrogen-bond acceptors (Lipinski definition) is 5. The maximum atomic E-state index is 11.5. The van der Waals surface area contributed by atoms with E-state index in [2.05, 4.69) is 27.7 Å². The lowest BCUT2D eigenvalue weighted by atomic mass is 9.94. The molecule has 0 atom stereocenters. The fraction of sp³-hybridized carbons (Fsp3) is 0.741. The number of aromatic hydroxyl groups is 1. The fourth-order valence-corrected chi connectivity index (χ4v) is 3.88. The Kier molecular flexibility index (Phi) is 15.2. The Hall–Kier alpha value is -2.11. The van der Waals surface area contributed by atoms with Gasteiger partial charge >= 0.3 is 6.16 Å². The molecule has 0 aromatic heterocycles. The van der Waals surface area contributed by atoms with Gasteiger partial charge in [-0.1, -0.05) is 79.1 Å². The minimum absolute atomic E-state index is 0.126. The van der Waals surface area contributed by atoms with E-state index in [9.17, 15) is 15.0 Å². The number of ether oxygens (including phenoxy) is 3. The third kappa shape index (κ3) is 10.1. The molecule has 0 aliphatic heterocycles. The molecule has 0 aliphatic rings. The standard InChI is InChI=1S/C27H46O6/c1-5-9-13-15-19-31-24-22(18-12-8-4)21(17-11-7-3)23(28)25(33-27(29)30)26(24)32-20-16-14-10-6-2/h28H,5-20H2,1-4H3,(H,29,30). The predicted octanol–water partition coefficient (Wildman–Crippen LogP) is 8.05. The van der Waals surface area contributed by atoms with E-state index in [1.54, 1.807) is 0 Å². The number of unbranched alkanes of at least 4 members (excludes halogenated alkanes) is 8. The Labute approximate surface area is 200 Å². The van der Waals surface area contributed by atoms with Crippen LogP contribution in [-0.2, 0) is 12.8 Å². The summed E-state index contributed by atoms with van der Waals surface area (Å²) in [5.74, 6) is 0.524. The summed E-state index contributed by atoms with van der Waals surface area (Å²) in [6, 6.07) is 0. The van der Waals surface area contributed by atoms with Crippen molar-refractivity contribution >= 4 is 6.16 Å². The van der Waals surface area contributed by atoms with Crippen LogP contribution in [0, 0.1) is 0 Å². The molecule has 0 saturated carbocycles. The number of phenolic OH excluding ortho intramolecular Hbond substituents is 1. The molecule has 33 heavy (non-hydrogen) atoms. The smallest absolute Gasteiger partial charge is 0.504 e. The third-order valence-electron chi connectivity index (χ3n) is 5.79. The molecule has 0 bridgehead atoms. The quantitative estimate of drug-likeness (QED) is 0.122. The van der Waals surface area contributed by atoms with Gasteiger partial charge in [-0.25, -0.2) is 4.79 Å². The van der Waals surface area contributed by atoms with Gasteiger partial charge in [0.2, 0.25) is 11.5 Å². The third-order valence-corrected chi connectivity index (χ3v) is 5.79. The second kappa shape index (κ2) is 17.4. The van der Waals surface area contributed by atoms with E-state index in [1.807, 2.05) is 0 Å². The fourth-order valence-electron chi connectivity index (χ4n) is 3.88. The lowest BCUT2D eigenvalue weighted by Crippen LogP contribution is -2.12. The van der Waals surface area contributed by atoms with Crippen LogP contribution in [0.25, 0.3) is 0 Å². The lowest BCUT2D eigenvalue weighted by Gasteiger charge is -2.23. The molecule has 6 nitrogen and oxygen atoms in total. The summed E-state index contributed by atoms with van der Waals surface area (Å²) < 4.78 is 17.4. The first-order valence-electron chi connectivity index (χ1n) is 13.1. The van der Waals surface area contributed by atoms with Gasteiger partial charge in [0.15, 0.2) is 11.5 Å². The van der Waals surface area contributed by atoms with Gasteiger partial charge in [-0.3, -0.25) is 0 Å². The number of carboxylic acid groups (broad SMARTS) is 1. The molecule has 0 fully saturated rings. The van der Waals surface area contributed by atoms with Crippen molar-refractivity contribution in [2.75, 3.05) is 13.2 Å². The van der Waals surface area contributed by atoms with Crippen LogP contribution in [0.4, 0.5) is 4.79 Å². The summed E-state index contributed by atoms with van der Waals surface area (Å²) in [5, 5.41) is 20.5. The van der Waals surface area contributed by atoms with Crippen LogP contribution < -0.4 is 14.2 Å². The minimum atomic E-state index is -1.47. The van der Waals surface area contributed by atoms with Gasteiger partial charge in [0.25, 0.3) is 0 Å². The zero-order chi connectivity index (χ0) is 24.5. The summed E-state index contributed by atoms with van der Waals surface area (Å²) in [6.07, 6.45) is 12.1. The van der Waals surface area contributed by atoms with E-state index in [-0.39, 0.29) is 17.2 Å². The number of hydrogen-bond donors (Lipinski definition) is 2. The molecule has 0 aliphatic carbocycles. The van der Waals surface area contributed by atoms with Crippen LogP contribution in [0.1, 0.15) is 116 Å². The van der Waals surface area contributed by atoms with Crippen molar-refractivity contribution in [2.45, 2.75) is 118 Å². The topological polar surface area (TPSA) is 85.2 Å². The summed E-state index contributed by atoms with van der Waals surface area (Å²) in [5.41, 5.74) is 1.66. The van der Waals surface area contributed by atoms with Gasteiger partial charge in [0.05, 0.1) is 13.2 Å². The average Bonchev–Trinajstić information content (AvgIpc) is 2.79. The van der Waals surface area contributed by atoms with Gasteiger partial charge in [0, 0.05) is 11.1 Å². The molecule has 0 unspecified atom stereocenters. The highest BCUT2D eigenvalue weighted by Gasteiger charge is 2.28. The average molecular weight is 467 g/mol. The summed E-state index contributed by atoms with van der Waals surface area (Å²) in [6.45, 7) is 9.49. The summed E-state index contributed by atoms with van der Waals surface area (Å²) in [7, 11) is 0.